The van der Waals surface area contributed by atoms with Gasteiger partial charge in [0, 0.05) is 30.7 Å². The first kappa shape index (κ1) is 21.6. The van der Waals surface area contributed by atoms with Crippen LogP contribution in [0.2, 0.25) is 0 Å². The van der Waals surface area contributed by atoms with E-state index in [2.05, 4.69) is 26.5 Å². The van der Waals surface area contributed by atoms with Gasteiger partial charge in [0.1, 0.15) is 0 Å². The van der Waals surface area contributed by atoms with Gasteiger partial charge in [-0.2, -0.15) is 9.41 Å². The van der Waals surface area contributed by atoms with Crippen LogP contribution in [0.3, 0.4) is 0 Å². The number of amides is 1. The summed E-state index contributed by atoms with van der Waals surface area (Å²) in [5.41, 5.74) is 4.40. The average molecular weight is 479 g/mol. The molecule has 1 N–H and O–H groups in total. The maximum Gasteiger partial charge on any atom is 0.254 e. The van der Waals surface area contributed by atoms with Crippen molar-refractivity contribution in [2.75, 3.05) is 32.7 Å². The fraction of sp³-hybridized carbons (Fsp3) is 0.300. The van der Waals surface area contributed by atoms with E-state index in [-0.39, 0.29) is 12.5 Å². The van der Waals surface area contributed by atoms with Gasteiger partial charge in [-0.05, 0) is 36.8 Å². The van der Waals surface area contributed by atoms with Crippen LogP contribution in [0, 0.1) is 6.92 Å². The molecule has 1 fully saturated rings. The van der Waals surface area contributed by atoms with E-state index >= 15 is 0 Å². The van der Waals surface area contributed by atoms with Crippen molar-refractivity contribution in [3.8, 4) is 0 Å². The van der Waals surface area contributed by atoms with Crippen LogP contribution < -0.4 is 5.43 Å². The summed E-state index contributed by atoms with van der Waals surface area (Å²) >= 11 is 3.38. The molecule has 1 aliphatic rings. The zero-order valence-corrected chi connectivity index (χ0v) is 18.5. The van der Waals surface area contributed by atoms with E-state index in [9.17, 15) is 13.2 Å². The first-order valence-corrected chi connectivity index (χ1v) is 11.4. The molecule has 1 amide bonds. The first-order valence-electron chi connectivity index (χ1n) is 9.21. The molecular formula is C20H23BrN4O3S. The van der Waals surface area contributed by atoms with E-state index < -0.39 is 10.0 Å². The second-order valence-electron chi connectivity index (χ2n) is 6.84. The van der Waals surface area contributed by atoms with Crippen LogP contribution in [0.1, 0.15) is 11.1 Å². The quantitative estimate of drug-likeness (QED) is 0.509. The molecule has 2 aromatic rings. The Kier molecular flexibility index (Phi) is 7.18. The van der Waals surface area contributed by atoms with Crippen LogP contribution >= 0.6 is 15.9 Å². The van der Waals surface area contributed by atoms with Crippen molar-refractivity contribution < 1.29 is 13.2 Å². The van der Waals surface area contributed by atoms with E-state index in [0.29, 0.717) is 31.1 Å². The molecule has 0 saturated carbocycles. The third-order valence-corrected chi connectivity index (χ3v) is 7.01. The Bertz CT molecular complexity index is 985. The van der Waals surface area contributed by atoms with Gasteiger partial charge in [-0.1, -0.05) is 45.8 Å². The molecule has 0 radical (unpaired) electrons. The summed E-state index contributed by atoms with van der Waals surface area (Å²) in [6.45, 7) is 3.79. The van der Waals surface area contributed by atoms with Crippen molar-refractivity contribution >= 4 is 38.1 Å². The van der Waals surface area contributed by atoms with Crippen LogP contribution in [-0.4, -0.2) is 62.5 Å². The number of carbonyl (C=O) groups is 1. The molecule has 1 saturated heterocycles. The molecule has 154 valence electrons. The zero-order chi connectivity index (χ0) is 20.9. The van der Waals surface area contributed by atoms with Gasteiger partial charge in [-0.15, -0.1) is 0 Å². The van der Waals surface area contributed by atoms with E-state index in [1.54, 1.807) is 30.5 Å². The Labute approximate surface area is 179 Å². The Hall–Kier alpha value is -2.07. The van der Waals surface area contributed by atoms with E-state index in [1.807, 2.05) is 36.1 Å². The predicted octanol–water partition coefficient (Wildman–Crippen LogP) is 2.21. The number of nitrogens with one attached hydrogen (secondary N) is 1. The third kappa shape index (κ3) is 5.96. The van der Waals surface area contributed by atoms with E-state index in [1.165, 1.54) is 4.31 Å². The minimum Gasteiger partial charge on any atom is -0.292 e. The van der Waals surface area contributed by atoms with Crippen LogP contribution in [0.25, 0.3) is 0 Å². The molecular weight excluding hydrogens is 456 g/mol. The number of sulfonamides is 1. The summed E-state index contributed by atoms with van der Waals surface area (Å²) in [6, 6.07) is 14.4. The SMILES string of the molecule is Cc1ccc(S(=O)(=O)N2CCN(CC(=O)NN=Cc3cccc(Br)c3)CC2)cc1. The number of piperazine rings is 1. The number of halogens is 1. The summed E-state index contributed by atoms with van der Waals surface area (Å²) in [4.78, 5) is 14.3. The lowest BCUT2D eigenvalue weighted by Gasteiger charge is -2.33. The number of hydrogen-bond donors (Lipinski definition) is 1. The van der Waals surface area contributed by atoms with Crippen molar-refractivity contribution in [3.63, 3.8) is 0 Å². The minimum absolute atomic E-state index is 0.175. The molecule has 1 heterocycles. The summed E-state index contributed by atoms with van der Waals surface area (Å²) < 4.78 is 27.9. The average Bonchev–Trinajstić information content (AvgIpc) is 2.69. The van der Waals surface area contributed by atoms with Gasteiger partial charge in [0.15, 0.2) is 0 Å². The van der Waals surface area contributed by atoms with Crippen molar-refractivity contribution in [1.82, 2.24) is 14.6 Å². The highest BCUT2D eigenvalue weighted by atomic mass is 79.9. The first-order chi connectivity index (χ1) is 13.8. The van der Waals surface area contributed by atoms with Gasteiger partial charge in [0.05, 0.1) is 17.7 Å². The lowest BCUT2D eigenvalue weighted by molar-refractivity contribution is -0.122. The standard InChI is InChI=1S/C20H23BrN4O3S/c1-16-5-7-19(8-6-16)29(27,28)25-11-9-24(10-12-25)15-20(26)23-22-14-17-3-2-4-18(21)13-17/h2-8,13-14H,9-12,15H2,1H3,(H,23,26). The Morgan fingerprint density at radius 3 is 2.48 bits per heavy atom. The van der Waals surface area contributed by atoms with Crippen molar-refractivity contribution in [2.24, 2.45) is 5.10 Å². The Morgan fingerprint density at radius 1 is 1.14 bits per heavy atom. The van der Waals surface area contributed by atoms with Crippen molar-refractivity contribution in [2.45, 2.75) is 11.8 Å². The lowest BCUT2D eigenvalue weighted by atomic mass is 10.2. The van der Waals surface area contributed by atoms with E-state index in [4.69, 9.17) is 0 Å². The summed E-state index contributed by atoms with van der Waals surface area (Å²) in [5, 5.41) is 3.97. The Morgan fingerprint density at radius 2 is 1.83 bits per heavy atom. The molecule has 1 aliphatic heterocycles. The zero-order valence-electron chi connectivity index (χ0n) is 16.1. The maximum absolute atomic E-state index is 12.7. The van der Waals surface area contributed by atoms with Crippen molar-refractivity contribution in [3.05, 3.63) is 64.1 Å². The van der Waals surface area contributed by atoms with Crippen LogP contribution in [0.5, 0.6) is 0 Å². The minimum atomic E-state index is -3.50. The van der Waals surface area contributed by atoms with Gasteiger partial charge in [-0.25, -0.2) is 13.8 Å². The summed E-state index contributed by atoms with van der Waals surface area (Å²) in [5.74, 6) is -0.230. The summed E-state index contributed by atoms with van der Waals surface area (Å²) in [7, 11) is -3.50. The van der Waals surface area contributed by atoms with Gasteiger partial charge in [0.2, 0.25) is 10.0 Å². The third-order valence-electron chi connectivity index (χ3n) is 4.61. The van der Waals surface area contributed by atoms with Crippen molar-refractivity contribution in [1.29, 1.82) is 0 Å². The second-order valence-corrected chi connectivity index (χ2v) is 9.70. The number of hydrazone groups is 1. The van der Waals surface area contributed by atoms with Crippen LogP contribution in [-0.2, 0) is 14.8 Å². The number of benzene rings is 2. The number of nitrogens with zero attached hydrogens (tertiary/aromatic N) is 3. The molecule has 2 aromatic carbocycles. The molecule has 0 unspecified atom stereocenters. The van der Waals surface area contributed by atoms with Crippen LogP contribution in [0.4, 0.5) is 0 Å². The molecule has 0 spiro atoms. The highest BCUT2D eigenvalue weighted by Gasteiger charge is 2.28. The fourth-order valence-corrected chi connectivity index (χ4v) is 4.83. The normalized spacial score (nSPS) is 16.2. The molecule has 0 aliphatic carbocycles. The molecule has 0 bridgehead atoms. The summed E-state index contributed by atoms with van der Waals surface area (Å²) in [6.07, 6.45) is 1.58. The Balaban J connectivity index is 1.48. The van der Waals surface area contributed by atoms with Gasteiger partial charge >= 0.3 is 0 Å². The number of hydrogen-bond acceptors (Lipinski definition) is 5. The van der Waals surface area contributed by atoms with E-state index in [0.717, 1.165) is 15.6 Å². The van der Waals surface area contributed by atoms with Gasteiger partial charge < -0.3 is 0 Å². The number of rotatable bonds is 6. The highest BCUT2D eigenvalue weighted by Crippen LogP contribution is 2.18. The second kappa shape index (κ2) is 9.62. The number of carbonyl (C=O) groups excluding carboxylic acids is 1. The maximum atomic E-state index is 12.7. The van der Waals surface area contributed by atoms with Gasteiger partial charge in [0.25, 0.3) is 5.91 Å². The largest absolute Gasteiger partial charge is 0.292 e. The smallest absolute Gasteiger partial charge is 0.254 e. The molecule has 29 heavy (non-hydrogen) atoms. The van der Waals surface area contributed by atoms with Crippen LogP contribution in [0.15, 0.2) is 63.0 Å². The highest BCUT2D eigenvalue weighted by molar-refractivity contribution is 9.10. The monoisotopic (exact) mass is 478 g/mol. The molecule has 0 aromatic heterocycles. The molecule has 7 nitrogen and oxygen atoms in total. The predicted molar refractivity (Wildman–Crippen MR) is 116 cm³/mol. The molecule has 3 rings (SSSR count). The molecule has 9 heteroatoms. The lowest BCUT2D eigenvalue weighted by Crippen LogP contribution is -2.50. The number of aryl methyl sites for hydroxylation is 1. The fourth-order valence-electron chi connectivity index (χ4n) is 2.99. The van der Waals surface area contributed by atoms with Gasteiger partial charge in [-0.3, -0.25) is 9.69 Å². The molecule has 0 atom stereocenters. The topological polar surface area (TPSA) is 82.1 Å².